The lowest BCUT2D eigenvalue weighted by molar-refractivity contribution is 0.659. The monoisotopic (exact) mass is 843 g/mol. The molecule has 66 heavy (non-hydrogen) atoms. The van der Waals surface area contributed by atoms with Gasteiger partial charge >= 0.3 is 0 Å². The van der Waals surface area contributed by atoms with Gasteiger partial charge in [-0.3, -0.25) is 0 Å². The number of hydrogen-bond acceptors (Lipinski definition) is 1. The fraction of sp³-hybridized carbons (Fsp3) is 0.108. The summed E-state index contributed by atoms with van der Waals surface area (Å²) in [5.74, 6) is 0. The van der Waals surface area contributed by atoms with Crippen LogP contribution in [-0.2, 0) is 16.2 Å². The molecule has 13 rings (SSSR count). The van der Waals surface area contributed by atoms with Crippen molar-refractivity contribution >= 4 is 16.9 Å². The Bertz CT molecular complexity index is 3330. The second-order valence-corrected chi connectivity index (χ2v) is 19.1. The Morgan fingerprint density at radius 1 is 0.364 bits per heavy atom. The maximum atomic E-state index is 2.67. The number of benzene rings is 9. The van der Waals surface area contributed by atoms with Gasteiger partial charge in [0.25, 0.3) is 0 Å². The highest BCUT2D eigenvalue weighted by molar-refractivity contribution is 5.96. The molecule has 0 saturated heterocycles. The van der Waals surface area contributed by atoms with E-state index in [4.69, 9.17) is 0 Å². The molecule has 0 radical (unpaired) electrons. The molecule has 9 aromatic carbocycles. The summed E-state index contributed by atoms with van der Waals surface area (Å²) in [4.78, 5) is 2.67. The highest BCUT2D eigenvalue weighted by Crippen LogP contribution is 2.61. The summed E-state index contributed by atoms with van der Waals surface area (Å²) in [7, 11) is 0. The lowest BCUT2D eigenvalue weighted by Gasteiger charge is -2.39. The van der Waals surface area contributed by atoms with Crippen molar-refractivity contribution in [3.63, 3.8) is 0 Å². The van der Waals surface area contributed by atoms with E-state index in [-0.39, 0.29) is 11.5 Å². The highest BCUT2D eigenvalue weighted by atomic mass is 15.2. The zero-order valence-corrected chi connectivity index (χ0v) is 37.3. The first-order valence-electron chi connectivity index (χ1n) is 23.5. The van der Waals surface area contributed by atoms with Crippen molar-refractivity contribution in [1.82, 2.24) is 0 Å². The Morgan fingerprint density at radius 3 is 1.30 bits per heavy atom. The Labute approximate surface area is 388 Å². The van der Waals surface area contributed by atoms with Gasteiger partial charge in [0, 0.05) is 16.8 Å². The van der Waals surface area contributed by atoms with Crippen LogP contribution in [-0.4, -0.2) is 6.04 Å². The molecule has 1 heteroatoms. The molecule has 9 aromatic rings. The van der Waals surface area contributed by atoms with Gasteiger partial charge < -0.3 is 4.90 Å². The van der Waals surface area contributed by atoms with Crippen LogP contribution in [0, 0.1) is 0 Å². The fourth-order valence-corrected chi connectivity index (χ4v) is 12.8. The number of nitrogens with zero attached hydrogens (tertiary/aromatic N) is 1. The van der Waals surface area contributed by atoms with Gasteiger partial charge in [-0.05, 0) is 120 Å². The van der Waals surface area contributed by atoms with Gasteiger partial charge in [-0.15, -0.1) is 0 Å². The summed E-state index contributed by atoms with van der Waals surface area (Å²) in [6.07, 6.45) is 6.05. The van der Waals surface area contributed by atoms with Gasteiger partial charge in [-0.1, -0.05) is 232 Å². The molecule has 0 N–H and O–H groups in total. The van der Waals surface area contributed by atoms with E-state index >= 15 is 0 Å². The third-order valence-corrected chi connectivity index (χ3v) is 15.5. The summed E-state index contributed by atoms with van der Waals surface area (Å²) in [5, 5.41) is 0. The normalized spacial score (nSPS) is 17.3. The van der Waals surface area contributed by atoms with Crippen molar-refractivity contribution in [2.45, 2.75) is 42.6 Å². The van der Waals surface area contributed by atoms with Crippen LogP contribution in [0.4, 0.5) is 11.4 Å². The third-order valence-electron chi connectivity index (χ3n) is 15.5. The lowest BCUT2D eigenvalue weighted by atomic mass is 9.66. The van der Waals surface area contributed by atoms with Crippen LogP contribution < -0.4 is 4.90 Å². The van der Waals surface area contributed by atoms with E-state index in [0.29, 0.717) is 0 Å². The predicted octanol–water partition coefficient (Wildman–Crippen LogP) is 15.6. The molecule has 0 bridgehead atoms. The zero-order valence-electron chi connectivity index (χ0n) is 37.3. The first-order chi connectivity index (χ1) is 32.5. The summed E-state index contributed by atoms with van der Waals surface area (Å²) < 4.78 is 0. The van der Waals surface area contributed by atoms with E-state index < -0.39 is 10.8 Å². The van der Waals surface area contributed by atoms with Crippen LogP contribution in [0.1, 0.15) is 75.9 Å². The molecule has 0 fully saturated rings. The van der Waals surface area contributed by atoms with Crippen molar-refractivity contribution < 1.29 is 0 Å². The van der Waals surface area contributed by atoms with Crippen LogP contribution >= 0.6 is 0 Å². The first-order valence-corrected chi connectivity index (χ1v) is 23.5. The minimum absolute atomic E-state index is 0.000480. The maximum absolute atomic E-state index is 2.67. The number of rotatable bonds is 7. The molecule has 0 aliphatic heterocycles. The third kappa shape index (κ3) is 5.29. The Morgan fingerprint density at radius 2 is 0.758 bits per heavy atom. The van der Waals surface area contributed by atoms with Gasteiger partial charge in [0.2, 0.25) is 0 Å². The minimum atomic E-state index is -0.515. The molecular formula is C65H49N. The van der Waals surface area contributed by atoms with Gasteiger partial charge in [0.05, 0.1) is 16.9 Å². The number of hydrogen-bond donors (Lipinski definition) is 0. The van der Waals surface area contributed by atoms with Crippen LogP contribution in [0.25, 0.3) is 27.8 Å². The Kier molecular flexibility index (Phi) is 8.58. The molecule has 1 nitrogen and oxygen atoms in total. The second-order valence-electron chi connectivity index (χ2n) is 19.1. The smallest absolute Gasteiger partial charge is 0.0714 e. The average molecular weight is 844 g/mol. The van der Waals surface area contributed by atoms with E-state index in [1.807, 2.05) is 0 Å². The van der Waals surface area contributed by atoms with Crippen molar-refractivity contribution in [3.05, 3.63) is 304 Å². The van der Waals surface area contributed by atoms with Crippen molar-refractivity contribution in [1.29, 1.82) is 0 Å². The van der Waals surface area contributed by atoms with Gasteiger partial charge in [-0.25, -0.2) is 0 Å². The molecule has 0 amide bonds. The van der Waals surface area contributed by atoms with Crippen molar-refractivity contribution in [3.8, 4) is 22.3 Å². The molecule has 0 saturated carbocycles. The summed E-state index contributed by atoms with van der Waals surface area (Å²) in [6.45, 7) is 4.79. The van der Waals surface area contributed by atoms with Gasteiger partial charge in [0.15, 0.2) is 0 Å². The number of allylic oxidation sites excluding steroid dienone is 2. The molecule has 1 atom stereocenters. The summed E-state index contributed by atoms with van der Waals surface area (Å²) >= 11 is 0. The van der Waals surface area contributed by atoms with Crippen LogP contribution in [0.15, 0.2) is 248 Å². The lowest BCUT2D eigenvalue weighted by Crippen LogP contribution is -2.35. The van der Waals surface area contributed by atoms with Crippen LogP contribution in [0.3, 0.4) is 0 Å². The van der Waals surface area contributed by atoms with Crippen LogP contribution in [0.5, 0.6) is 0 Å². The quantitative estimate of drug-likeness (QED) is 0.154. The second kappa shape index (κ2) is 14.6. The molecule has 314 valence electrons. The highest BCUT2D eigenvalue weighted by Gasteiger charge is 2.50. The van der Waals surface area contributed by atoms with E-state index in [9.17, 15) is 0 Å². The number of fused-ring (bicyclic) bond motifs is 9. The zero-order chi connectivity index (χ0) is 44.0. The van der Waals surface area contributed by atoms with Gasteiger partial charge in [0.1, 0.15) is 0 Å². The fourth-order valence-electron chi connectivity index (χ4n) is 12.8. The Balaban J connectivity index is 1.08. The SMILES string of the molecule is CC1(C)c2ccccc2-c2ccc(N(c3ccc4c(c3)C(c3ccccc3)(c3ccccc3)c3ccccc3-4)C3C=C4C(=CC3)c3ccccc3C4(c3ccccc3)c3ccccc3)cc21. The minimum Gasteiger partial charge on any atom is -0.334 e. The molecule has 4 aliphatic carbocycles. The van der Waals surface area contributed by atoms with E-state index in [1.165, 1.54) is 100 Å². The summed E-state index contributed by atoms with van der Waals surface area (Å²) in [5.41, 5.74) is 22.4. The molecule has 0 heterocycles. The molecular weight excluding hydrogens is 795 g/mol. The Hall–Kier alpha value is -7.74. The van der Waals surface area contributed by atoms with Crippen LogP contribution in [0.2, 0.25) is 0 Å². The molecule has 4 aliphatic rings. The van der Waals surface area contributed by atoms with Crippen molar-refractivity contribution in [2.24, 2.45) is 0 Å². The predicted molar refractivity (Wildman–Crippen MR) is 274 cm³/mol. The maximum Gasteiger partial charge on any atom is 0.0714 e. The first kappa shape index (κ1) is 38.7. The molecule has 1 unspecified atom stereocenters. The van der Waals surface area contributed by atoms with Crippen molar-refractivity contribution in [2.75, 3.05) is 4.90 Å². The van der Waals surface area contributed by atoms with E-state index in [0.717, 1.165) is 6.42 Å². The van der Waals surface area contributed by atoms with E-state index in [1.54, 1.807) is 0 Å². The largest absolute Gasteiger partial charge is 0.334 e. The van der Waals surface area contributed by atoms with E-state index in [2.05, 4.69) is 261 Å². The standard InChI is InChI=1S/C65H49N/c1-63(2)57-32-18-15-29-51(57)54-38-35-48(41-60(54)63)66(49-36-39-55-52-30-16-19-33-58(52)64(61(55)42-49,44-21-7-3-8-22-44)45-23-9-4-10-24-45)50-37-40-56-53-31-17-20-34-59(53)65(62(56)43-50,46-25-11-5-12-26-46)47-27-13-6-14-28-47/h3-36,38-43,50H,37H2,1-2H3. The molecule has 0 spiro atoms. The average Bonchev–Trinajstić information content (AvgIpc) is 3.94. The summed E-state index contributed by atoms with van der Waals surface area (Å²) in [6, 6.07) is 86.7. The topological polar surface area (TPSA) is 3.24 Å². The van der Waals surface area contributed by atoms with Gasteiger partial charge in [-0.2, -0.15) is 0 Å². The molecule has 0 aromatic heterocycles. The number of anilines is 2.